The molecule has 1 aliphatic rings. The van der Waals surface area contributed by atoms with Crippen LogP contribution in [-0.4, -0.2) is 30.8 Å². The molecule has 0 radical (unpaired) electrons. The Balaban J connectivity index is 2.24. The van der Waals surface area contributed by atoms with Crippen molar-refractivity contribution in [1.82, 2.24) is 4.98 Å². The Morgan fingerprint density at radius 3 is 2.90 bits per heavy atom. The number of methoxy groups -OCH3 is 1. The van der Waals surface area contributed by atoms with Crippen LogP contribution in [0, 0.1) is 0 Å². The van der Waals surface area contributed by atoms with Gasteiger partial charge in [-0.3, -0.25) is 0 Å². The van der Waals surface area contributed by atoms with Gasteiger partial charge in [0, 0.05) is 32.4 Å². The quantitative estimate of drug-likeness (QED) is 0.898. The fourth-order valence-electron chi connectivity index (χ4n) is 2.87. The van der Waals surface area contributed by atoms with E-state index in [9.17, 15) is 0 Å². The van der Waals surface area contributed by atoms with Gasteiger partial charge in [-0.25, -0.2) is 4.98 Å². The molecule has 112 valence electrons. The van der Waals surface area contributed by atoms with E-state index in [0.29, 0.717) is 6.54 Å². The average Bonchev–Trinajstić information content (AvgIpc) is 2.47. The zero-order chi connectivity index (χ0) is 14.6. The molecule has 2 rings (SSSR count). The van der Waals surface area contributed by atoms with E-state index in [4.69, 9.17) is 15.5 Å². The molecule has 0 aliphatic carbocycles. The number of aryl methyl sites for hydroxylation is 1. The van der Waals surface area contributed by atoms with Gasteiger partial charge in [0.1, 0.15) is 5.82 Å². The molecule has 2 N–H and O–H groups in total. The van der Waals surface area contributed by atoms with Gasteiger partial charge in [-0.1, -0.05) is 13.3 Å². The van der Waals surface area contributed by atoms with Crippen LogP contribution in [0.1, 0.15) is 44.4 Å². The standard InChI is InChI=1S/C16H27N3O/c1-4-6-14-9-13(11-17)10-15(18-14)19-8-5-7-16(2,12-19)20-3/h9-10H,4-8,11-12,17H2,1-3H3. The summed E-state index contributed by atoms with van der Waals surface area (Å²) in [6.45, 7) is 6.88. The number of anilines is 1. The molecule has 0 spiro atoms. The Hall–Kier alpha value is -1.13. The molecule has 1 saturated heterocycles. The molecular formula is C16H27N3O. The molecule has 0 bridgehead atoms. The van der Waals surface area contributed by atoms with E-state index in [1.165, 1.54) is 5.56 Å². The zero-order valence-corrected chi connectivity index (χ0v) is 13.0. The normalized spacial score (nSPS) is 23.1. The summed E-state index contributed by atoms with van der Waals surface area (Å²) in [5.74, 6) is 1.05. The van der Waals surface area contributed by atoms with Crippen molar-refractivity contribution in [3.05, 3.63) is 23.4 Å². The molecule has 1 aliphatic heterocycles. The summed E-state index contributed by atoms with van der Waals surface area (Å²) in [6, 6.07) is 4.26. The number of piperidine rings is 1. The molecule has 20 heavy (non-hydrogen) atoms. The molecule has 1 aromatic heterocycles. The van der Waals surface area contributed by atoms with Gasteiger partial charge in [-0.05, 0) is 43.9 Å². The van der Waals surface area contributed by atoms with Crippen molar-refractivity contribution in [1.29, 1.82) is 0 Å². The van der Waals surface area contributed by atoms with Crippen LogP contribution in [0.25, 0.3) is 0 Å². The molecule has 1 unspecified atom stereocenters. The molecule has 0 saturated carbocycles. The van der Waals surface area contributed by atoms with Crippen molar-refractivity contribution in [2.75, 3.05) is 25.1 Å². The summed E-state index contributed by atoms with van der Waals surface area (Å²) < 4.78 is 5.67. The van der Waals surface area contributed by atoms with E-state index < -0.39 is 0 Å². The monoisotopic (exact) mass is 277 g/mol. The smallest absolute Gasteiger partial charge is 0.129 e. The van der Waals surface area contributed by atoms with Crippen LogP contribution in [0.5, 0.6) is 0 Å². The predicted molar refractivity (Wildman–Crippen MR) is 83.0 cm³/mol. The van der Waals surface area contributed by atoms with Crippen LogP contribution in [0.3, 0.4) is 0 Å². The fourth-order valence-corrected chi connectivity index (χ4v) is 2.87. The second kappa shape index (κ2) is 6.55. The Kier molecular flexibility index (Phi) is 5.00. The van der Waals surface area contributed by atoms with Gasteiger partial charge in [0.2, 0.25) is 0 Å². The van der Waals surface area contributed by atoms with E-state index >= 15 is 0 Å². The van der Waals surface area contributed by atoms with Crippen LogP contribution in [-0.2, 0) is 17.7 Å². The lowest BCUT2D eigenvalue weighted by molar-refractivity contribution is -0.00482. The number of hydrogen-bond donors (Lipinski definition) is 1. The van der Waals surface area contributed by atoms with Crippen LogP contribution < -0.4 is 10.6 Å². The first-order valence-electron chi connectivity index (χ1n) is 7.60. The maximum absolute atomic E-state index is 5.82. The topological polar surface area (TPSA) is 51.4 Å². The van der Waals surface area contributed by atoms with Gasteiger partial charge < -0.3 is 15.4 Å². The third-order valence-corrected chi connectivity index (χ3v) is 4.14. The van der Waals surface area contributed by atoms with Crippen molar-refractivity contribution in [2.24, 2.45) is 5.73 Å². The van der Waals surface area contributed by atoms with Gasteiger partial charge in [0.15, 0.2) is 0 Å². The van der Waals surface area contributed by atoms with Crippen molar-refractivity contribution in [2.45, 2.75) is 51.7 Å². The molecular weight excluding hydrogens is 250 g/mol. The minimum absolute atomic E-state index is 0.0659. The molecule has 1 fully saturated rings. The van der Waals surface area contributed by atoms with Gasteiger partial charge in [-0.15, -0.1) is 0 Å². The highest BCUT2D eigenvalue weighted by molar-refractivity contribution is 5.44. The number of aromatic nitrogens is 1. The number of pyridine rings is 1. The van der Waals surface area contributed by atoms with Crippen molar-refractivity contribution < 1.29 is 4.74 Å². The van der Waals surface area contributed by atoms with E-state index in [0.717, 1.165) is 50.3 Å². The SMILES string of the molecule is CCCc1cc(CN)cc(N2CCCC(C)(OC)C2)n1. The number of hydrogen-bond acceptors (Lipinski definition) is 4. The Morgan fingerprint density at radius 1 is 1.45 bits per heavy atom. The van der Waals surface area contributed by atoms with Crippen molar-refractivity contribution >= 4 is 5.82 Å². The highest BCUT2D eigenvalue weighted by atomic mass is 16.5. The van der Waals surface area contributed by atoms with E-state index in [1.54, 1.807) is 7.11 Å². The molecule has 1 aromatic rings. The van der Waals surface area contributed by atoms with Gasteiger partial charge in [0.25, 0.3) is 0 Å². The van der Waals surface area contributed by atoms with Crippen LogP contribution in [0.4, 0.5) is 5.82 Å². The number of nitrogens with two attached hydrogens (primary N) is 1. The lowest BCUT2D eigenvalue weighted by atomic mass is 9.94. The van der Waals surface area contributed by atoms with E-state index in [2.05, 4.69) is 30.9 Å². The molecule has 4 heteroatoms. The second-order valence-electron chi connectivity index (χ2n) is 5.96. The summed E-state index contributed by atoms with van der Waals surface area (Å²) in [4.78, 5) is 7.15. The highest BCUT2D eigenvalue weighted by Gasteiger charge is 2.31. The minimum atomic E-state index is -0.0659. The number of ether oxygens (including phenoxy) is 1. The summed E-state index contributed by atoms with van der Waals surface area (Å²) in [7, 11) is 1.80. The molecule has 1 atom stereocenters. The lowest BCUT2D eigenvalue weighted by Crippen LogP contribution is -2.47. The van der Waals surface area contributed by atoms with Crippen LogP contribution in [0.15, 0.2) is 12.1 Å². The number of rotatable bonds is 5. The maximum atomic E-state index is 5.82. The van der Waals surface area contributed by atoms with Gasteiger partial charge in [0.05, 0.1) is 5.60 Å². The first kappa shape index (κ1) is 15.3. The fraction of sp³-hybridized carbons (Fsp3) is 0.688. The third-order valence-electron chi connectivity index (χ3n) is 4.14. The van der Waals surface area contributed by atoms with Crippen molar-refractivity contribution in [3.8, 4) is 0 Å². The maximum Gasteiger partial charge on any atom is 0.129 e. The molecule has 4 nitrogen and oxygen atoms in total. The minimum Gasteiger partial charge on any atom is -0.377 e. The third kappa shape index (κ3) is 3.49. The van der Waals surface area contributed by atoms with E-state index in [-0.39, 0.29) is 5.60 Å². The summed E-state index contributed by atoms with van der Waals surface area (Å²) >= 11 is 0. The summed E-state index contributed by atoms with van der Waals surface area (Å²) in [5.41, 5.74) is 8.07. The zero-order valence-electron chi connectivity index (χ0n) is 13.0. The highest BCUT2D eigenvalue weighted by Crippen LogP contribution is 2.27. The first-order chi connectivity index (χ1) is 9.60. The van der Waals surface area contributed by atoms with Crippen molar-refractivity contribution in [3.63, 3.8) is 0 Å². The first-order valence-corrected chi connectivity index (χ1v) is 7.60. The molecule has 0 aromatic carbocycles. The largest absolute Gasteiger partial charge is 0.377 e. The Morgan fingerprint density at radius 2 is 2.25 bits per heavy atom. The average molecular weight is 277 g/mol. The molecule has 2 heterocycles. The second-order valence-corrected chi connectivity index (χ2v) is 5.96. The Labute approximate surface area is 122 Å². The van der Waals surface area contributed by atoms with Gasteiger partial charge in [-0.2, -0.15) is 0 Å². The molecule has 0 amide bonds. The van der Waals surface area contributed by atoms with Crippen LogP contribution >= 0.6 is 0 Å². The van der Waals surface area contributed by atoms with Gasteiger partial charge >= 0.3 is 0 Å². The van der Waals surface area contributed by atoms with E-state index in [1.807, 2.05) is 0 Å². The summed E-state index contributed by atoms with van der Waals surface area (Å²) in [5, 5.41) is 0. The number of nitrogens with zero attached hydrogens (tertiary/aromatic N) is 2. The Bertz CT molecular complexity index is 449. The van der Waals surface area contributed by atoms with Crippen LogP contribution in [0.2, 0.25) is 0 Å². The lowest BCUT2D eigenvalue weighted by Gasteiger charge is -2.40. The predicted octanol–water partition coefficient (Wildman–Crippen LogP) is 2.50. The summed E-state index contributed by atoms with van der Waals surface area (Å²) in [6.07, 6.45) is 4.37.